The van der Waals surface area contributed by atoms with Crippen LogP contribution in [0.4, 0.5) is 0 Å². The molecule has 0 amide bonds. The summed E-state index contributed by atoms with van der Waals surface area (Å²) < 4.78 is 0. The lowest BCUT2D eigenvalue weighted by Gasteiger charge is -2.15. The van der Waals surface area contributed by atoms with Crippen molar-refractivity contribution in [3.8, 4) is 0 Å². The summed E-state index contributed by atoms with van der Waals surface area (Å²) >= 11 is 0. The minimum atomic E-state index is 0.559. The van der Waals surface area contributed by atoms with Gasteiger partial charge < -0.3 is 0 Å². The van der Waals surface area contributed by atoms with E-state index in [9.17, 15) is 0 Å². The topological polar surface area (TPSA) is 0 Å². The van der Waals surface area contributed by atoms with Gasteiger partial charge in [-0.1, -0.05) is 61.6 Å². The van der Waals surface area contributed by atoms with Crippen molar-refractivity contribution in [2.75, 3.05) is 0 Å². The van der Waals surface area contributed by atoms with Crippen LogP contribution in [0.1, 0.15) is 33.1 Å². The van der Waals surface area contributed by atoms with E-state index in [2.05, 4.69) is 56.9 Å². The van der Waals surface area contributed by atoms with Crippen LogP contribution in [-0.4, -0.2) is 0 Å². The van der Waals surface area contributed by atoms with Crippen LogP contribution < -0.4 is 0 Å². The van der Waals surface area contributed by atoms with Gasteiger partial charge in [-0.2, -0.15) is 0 Å². The molecule has 0 aromatic carbocycles. The van der Waals surface area contributed by atoms with Crippen molar-refractivity contribution in [3.05, 3.63) is 60.3 Å². The van der Waals surface area contributed by atoms with Crippen LogP contribution in [0.25, 0.3) is 0 Å². The summed E-state index contributed by atoms with van der Waals surface area (Å²) in [6.07, 6.45) is 18.7. The van der Waals surface area contributed by atoms with E-state index in [1.165, 1.54) is 24.0 Å². The minimum Gasteiger partial charge on any atom is -0.0991 e. The van der Waals surface area contributed by atoms with Crippen LogP contribution in [0.5, 0.6) is 0 Å². The lowest BCUT2D eigenvalue weighted by molar-refractivity contribution is 0.691. The van der Waals surface area contributed by atoms with Crippen molar-refractivity contribution < 1.29 is 0 Å². The maximum Gasteiger partial charge on any atom is -0.0150 e. The number of hydrogen-bond donors (Lipinski definition) is 0. The summed E-state index contributed by atoms with van der Waals surface area (Å²) in [5.41, 5.74) is 2.83. The van der Waals surface area contributed by atoms with Crippen LogP contribution in [0, 0.1) is 5.92 Å². The van der Waals surface area contributed by atoms with Crippen LogP contribution in [0.15, 0.2) is 60.3 Å². The standard InChI is InChI=1S/C16H22/c1-4-9-16(10-5-2)14(3)13-15-11-7-6-8-12-15/h4-5,7,9-12,14H,1,6,8,13H2,2-3H3/b10-5-,16-9+. The molecule has 1 unspecified atom stereocenters. The molecule has 0 spiro atoms. The molecule has 0 heterocycles. The Bertz CT molecular complexity index is 337. The van der Waals surface area contributed by atoms with E-state index < -0.39 is 0 Å². The fourth-order valence-corrected chi connectivity index (χ4v) is 2.00. The molecule has 0 nitrogen and oxygen atoms in total. The second kappa shape index (κ2) is 7.05. The van der Waals surface area contributed by atoms with E-state index in [1.807, 2.05) is 6.08 Å². The Morgan fingerprint density at radius 2 is 2.31 bits per heavy atom. The highest BCUT2D eigenvalue weighted by molar-refractivity contribution is 5.29. The van der Waals surface area contributed by atoms with Crippen molar-refractivity contribution in [3.63, 3.8) is 0 Å². The first-order valence-electron chi connectivity index (χ1n) is 6.08. The second-order valence-electron chi connectivity index (χ2n) is 4.27. The molecule has 0 heteroatoms. The van der Waals surface area contributed by atoms with Crippen LogP contribution in [0.2, 0.25) is 0 Å². The summed E-state index contributed by atoms with van der Waals surface area (Å²) in [4.78, 5) is 0. The molecular formula is C16H22. The maximum absolute atomic E-state index is 3.77. The number of hydrogen-bond acceptors (Lipinski definition) is 0. The molecule has 1 aliphatic rings. The molecule has 0 aromatic heterocycles. The minimum absolute atomic E-state index is 0.559. The summed E-state index contributed by atoms with van der Waals surface area (Å²) in [6.45, 7) is 8.11. The van der Waals surface area contributed by atoms with Crippen molar-refractivity contribution in [2.45, 2.75) is 33.1 Å². The fourth-order valence-electron chi connectivity index (χ4n) is 2.00. The van der Waals surface area contributed by atoms with Crippen LogP contribution in [0.3, 0.4) is 0 Å². The summed E-state index contributed by atoms with van der Waals surface area (Å²) in [5, 5.41) is 0. The Labute approximate surface area is 99.8 Å². The highest BCUT2D eigenvalue weighted by Gasteiger charge is 2.08. The van der Waals surface area contributed by atoms with Crippen molar-refractivity contribution in [1.82, 2.24) is 0 Å². The van der Waals surface area contributed by atoms with Gasteiger partial charge in [-0.25, -0.2) is 0 Å². The first kappa shape index (κ1) is 12.8. The van der Waals surface area contributed by atoms with Crippen molar-refractivity contribution in [1.29, 1.82) is 0 Å². The Balaban J connectivity index is 2.65. The van der Waals surface area contributed by atoms with Gasteiger partial charge in [0, 0.05) is 0 Å². The SMILES string of the molecule is C=C/C=C(\C=C/C)C(C)CC1=CCCC=C1. The molecule has 1 rings (SSSR count). The summed E-state index contributed by atoms with van der Waals surface area (Å²) in [6, 6.07) is 0. The fraction of sp³-hybridized carbons (Fsp3) is 0.375. The average molecular weight is 214 g/mol. The molecule has 86 valence electrons. The molecule has 0 aliphatic heterocycles. The number of allylic oxidation sites excluding steroid dienone is 9. The Morgan fingerprint density at radius 3 is 2.88 bits per heavy atom. The molecule has 0 aromatic rings. The van der Waals surface area contributed by atoms with Gasteiger partial charge in [0.05, 0.1) is 0 Å². The normalized spacial score (nSPS) is 18.6. The quantitative estimate of drug-likeness (QED) is 0.566. The molecular weight excluding hydrogens is 192 g/mol. The van der Waals surface area contributed by atoms with E-state index >= 15 is 0 Å². The zero-order valence-corrected chi connectivity index (χ0v) is 10.4. The second-order valence-corrected chi connectivity index (χ2v) is 4.27. The zero-order valence-electron chi connectivity index (χ0n) is 10.4. The number of rotatable bonds is 5. The Hall–Kier alpha value is -1.30. The van der Waals surface area contributed by atoms with E-state index in [-0.39, 0.29) is 0 Å². The molecule has 0 bridgehead atoms. The molecule has 1 atom stereocenters. The van der Waals surface area contributed by atoms with Gasteiger partial charge in [0.25, 0.3) is 0 Å². The zero-order chi connectivity index (χ0) is 11.8. The van der Waals surface area contributed by atoms with Crippen LogP contribution >= 0.6 is 0 Å². The highest BCUT2D eigenvalue weighted by atomic mass is 14.1. The predicted octanol–water partition coefficient (Wildman–Crippen LogP) is 4.98. The molecule has 0 fully saturated rings. The van der Waals surface area contributed by atoms with Crippen molar-refractivity contribution in [2.24, 2.45) is 5.92 Å². The molecule has 16 heavy (non-hydrogen) atoms. The Morgan fingerprint density at radius 1 is 1.50 bits per heavy atom. The van der Waals surface area contributed by atoms with E-state index in [4.69, 9.17) is 0 Å². The van der Waals surface area contributed by atoms with Gasteiger partial charge in [0.2, 0.25) is 0 Å². The van der Waals surface area contributed by atoms with Gasteiger partial charge in [-0.15, -0.1) is 0 Å². The summed E-state index contributed by atoms with van der Waals surface area (Å²) in [5.74, 6) is 0.559. The van der Waals surface area contributed by atoms with E-state index in [0.717, 1.165) is 6.42 Å². The van der Waals surface area contributed by atoms with Gasteiger partial charge in [0.15, 0.2) is 0 Å². The van der Waals surface area contributed by atoms with Gasteiger partial charge in [0.1, 0.15) is 0 Å². The van der Waals surface area contributed by atoms with Gasteiger partial charge in [-0.05, 0) is 37.7 Å². The Kier molecular flexibility index (Phi) is 5.63. The monoisotopic (exact) mass is 214 g/mol. The molecule has 0 saturated heterocycles. The smallest absolute Gasteiger partial charge is 0.0150 e. The van der Waals surface area contributed by atoms with Crippen LogP contribution in [-0.2, 0) is 0 Å². The highest BCUT2D eigenvalue weighted by Crippen LogP contribution is 2.24. The summed E-state index contributed by atoms with van der Waals surface area (Å²) in [7, 11) is 0. The van der Waals surface area contributed by atoms with Gasteiger partial charge in [-0.3, -0.25) is 0 Å². The lowest BCUT2D eigenvalue weighted by Crippen LogP contribution is -2.00. The van der Waals surface area contributed by atoms with Crippen molar-refractivity contribution >= 4 is 0 Å². The largest absolute Gasteiger partial charge is 0.0991 e. The molecule has 0 saturated carbocycles. The molecule has 0 N–H and O–H groups in total. The van der Waals surface area contributed by atoms with E-state index in [0.29, 0.717) is 5.92 Å². The lowest BCUT2D eigenvalue weighted by atomic mass is 9.90. The van der Waals surface area contributed by atoms with Gasteiger partial charge >= 0.3 is 0 Å². The first-order valence-corrected chi connectivity index (χ1v) is 6.08. The van der Waals surface area contributed by atoms with E-state index in [1.54, 1.807) is 0 Å². The third-order valence-corrected chi connectivity index (χ3v) is 2.85. The third kappa shape index (κ3) is 4.06. The molecule has 0 radical (unpaired) electrons. The maximum atomic E-state index is 3.77. The molecule has 1 aliphatic carbocycles. The first-order chi connectivity index (χ1) is 7.77. The third-order valence-electron chi connectivity index (χ3n) is 2.85. The average Bonchev–Trinajstić information content (AvgIpc) is 2.30. The predicted molar refractivity (Wildman–Crippen MR) is 73.3 cm³/mol.